The van der Waals surface area contributed by atoms with Crippen LogP contribution in [-0.2, 0) is 4.79 Å². The summed E-state index contributed by atoms with van der Waals surface area (Å²) in [6, 6.07) is 11.7. The lowest BCUT2D eigenvalue weighted by molar-refractivity contribution is -0.112. The van der Waals surface area contributed by atoms with E-state index in [4.69, 9.17) is 16.3 Å². The van der Waals surface area contributed by atoms with Crippen LogP contribution in [0.5, 0.6) is 11.5 Å². The number of carbonyl (C=O) groups is 1. The van der Waals surface area contributed by atoms with Gasteiger partial charge in [-0.15, -0.1) is 0 Å². The molecule has 2 aromatic carbocycles. The standard InChI is InChI=1S/C18H14BrClN2O3/c1-2-25-16-9-11(8-13(19)17(16)23)7-12(10-21)18(24)22-15-6-4-3-5-14(15)20/h3-9,23H,2H2,1H3,(H,22,24). The number of para-hydroxylation sites is 1. The second-order valence-electron chi connectivity index (χ2n) is 4.89. The lowest BCUT2D eigenvalue weighted by Gasteiger charge is -2.09. The Kier molecular flexibility index (Phi) is 6.45. The highest BCUT2D eigenvalue weighted by Crippen LogP contribution is 2.36. The first-order valence-corrected chi connectivity index (χ1v) is 8.46. The van der Waals surface area contributed by atoms with E-state index in [1.165, 1.54) is 6.08 Å². The number of ether oxygens (including phenoxy) is 1. The fourth-order valence-electron chi connectivity index (χ4n) is 2.01. The molecular formula is C18H14BrClN2O3. The van der Waals surface area contributed by atoms with Gasteiger partial charge in [-0.05, 0) is 58.8 Å². The van der Waals surface area contributed by atoms with Crippen molar-refractivity contribution in [1.82, 2.24) is 0 Å². The number of amides is 1. The van der Waals surface area contributed by atoms with Gasteiger partial charge in [0.25, 0.3) is 5.91 Å². The van der Waals surface area contributed by atoms with Crippen LogP contribution < -0.4 is 10.1 Å². The molecule has 0 atom stereocenters. The number of anilines is 1. The van der Waals surface area contributed by atoms with Crippen LogP contribution in [0, 0.1) is 11.3 Å². The fraction of sp³-hybridized carbons (Fsp3) is 0.111. The summed E-state index contributed by atoms with van der Waals surface area (Å²) in [4.78, 5) is 12.3. The Morgan fingerprint density at radius 2 is 2.16 bits per heavy atom. The average Bonchev–Trinajstić information content (AvgIpc) is 2.59. The molecule has 0 aliphatic carbocycles. The van der Waals surface area contributed by atoms with Gasteiger partial charge >= 0.3 is 0 Å². The average molecular weight is 422 g/mol. The maximum Gasteiger partial charge on any atom is 0.266 e. The highest BCUT2D eigenvalue weighted by atomic mass is 79.9. The summed E-state index contributed by atoms with van der Waals surface area (Å²) in [6.45, 7) is 2.15. The molecule has 0 saturated carbocycles. The van der Waals surface area contributed by atoms with Gasteiger partial charge in [0.05, 0.1) is 21.8 Å². The summed E-state index contributed by atoms with van der Waals surface area (Å²) in [5, 5.41) is 22.2. The highest BCUT2D eigenvalue weighted by Gasteiger charge is 2.13. The van der Waals surface area contributed by atoms with Crippen LogP contribution in [0.4, 0.5) is 5.69 Å². The van der Waals surface area contributed by atoms with Crippen LogP contribution >= 0.6 is 27.5 Å². The van der Waals surface area contributed by atoms with E-state index in [1.807, 2.05) is 6.07 Å². The number of hydrogen-bond donors (Lipinski definition) is 2. The number of hydrogen-bond acceptors (Lipinski definition) is 4. The summed E-state index contributed by atoms with van der Waals surface area (Å²) in [5.74, 6) is -0.372. The predicted octanol–water partition coefficient (Wildman–Crippen LogP) is 4.75. The molecule has 0 bridgehead atoms. The van der Waals surface area contributed by atoms with Crippen molar-refractivity contribution in [2.75, 3.05) is 11.9 Å². The summed E-state index contributed by atoms with van der Waals surface area (Å²) in [5.41, 5.74) is 0.830. The van der Waals surface area contributed by atoms with Gasteiger partial charge in [-0.2, -0.15) is 5.26 Å². The smallest absolute Gasteiger partial charge is 0.266 e. The van der Waals surface area contributed by atoms with Gasteiger partial charge in [0.15, 0.2) is 11.5 Å². The first kappa shape index (κ1) is 18.8. The SMILES string of the molecule is CCOc1cc(C=C(C#N)C(=O)Nc2ccccc2Cl)cc(Br)c1O. The van der Waals surface area contributed by atoms with E-state index in [0.717, 1.165) is 0 Å². The normalized spacial score (nSPS) is 10.9. The number of nitrogens with zero attached hydrogens (tertiary/aromatic N) is 1. The number of halogens is 2. The van der Waals surface area contributed by atoms with Crippen LogP contribution in [0.1, 0.15) is 12.5 Å². The fourth-order valence-corrected chi connectivity index (χ4v) is 2.65. The number of nitrogens with one attached hydrogen (secondary N) is 1. The minimum absolute atomic E-state index is 0.0435. The molecule has 2 rings (SSSR count). The number of aromatic hydroxyl groups is 1. The molecule has 2 aromatic rings. The predicted molar refractivity (Wildman–Crippen MR) is 101 cm³/mol. The zero-order valence-corrected chi connectivity index (χ0v) is 15.6. The summed E-state index contributed by atoms with van der Waals surface area (Å²) >= 11 is 9.22. The Morgan fingerprint density at radius 3 is 2.80 bits per heavy atom. The monoisotopic (exact) mass is 420 g/mol. The first-order valence-electron chi connectivity index (χ1n) is 7.29. The lowest BCUT2D eigenvalue weighted by Crippen LogP contribution is -2.13. The van der Waals surface area contributed by atoms with E-state index in [9.17, 15) is 15.2 Å². The molecule has 128 valence electrons. The molecule has 0 aliphatic heterocycles. The third kappa shape index (κ3) is 4.75. The second kappa shape index (κ2) is 8.56. The minimum atomic E-state index is -0.585. The maximum atomic E-state index is 12.3. The zero-order valence-electron chi connectivity index (χ0n) is 13.2. The van der Waals surface area contributed by atoms with Gasteiger partial charge in [-0.1, -0.05) is 23.7 Å². The van der Waals surface area contributed by atoms with Crippen LogP contribution in [-0.4, -0.2) is 17.6 Å². The topological polar surface area (TPSA) is 82.3 Å². The van der Waals surface area contributed by atoms with Gasteiger partial charge in [0.1, 0.15) is 11.6 Å². The molecule has 25 heavy (non-hydrogen) atoms. The Hall–Kier alpha value is -2.49. The summed E-state index contributed by atoms with van der Waals surface area (Å²) in [6.07, 6.45) is 1.40. The minimum Gasteiger partial charge on any atom is -0.503 e. The number of phenols is 1. The molecule has 0 spiro atoms. The molecule has 0 saturated heterocycles. The number of carbonyl (C=O) groups excluding carboxylic acids is 1. The van der Waals surface area contributed by atoms with E-state index in [1.54, 1.807) is 43.3 Å². The van der Waals surface area contributed by atoms with Crippen molar-refractivity contribution in [2.24, 2.45) is 0 Å². The summed E-state index contributed by atoms with van der Waals surface area (Å²) < 4.78 is 5.73. The van der Waals surface area contributed by atoms with Gasteiger partial charge in [0.2, 0.25) is 0 Å². The Balaban J connectivity index is 2.32. The molecular weight excluding hydrogens is 408 g/mol. The van der Waals surface area contributed by atoms with Gasteiger partial charge < -0.3 is 15.2 Å². The van der Waals surface area contributed by atoms with Crippen LogP contribution in [0.2, 0.25) is 5.02 Å². The summed E-state index contributed by atoms with van der Waals surface area (Å²) in [7, 11) is 0. The second-order valence-corrected chi connectivity index (χ2v) is 6.15. The molecule has 0 unspecified atom stereocenters. The molecule has 0 heterocycles. The largest absolute Gasteiger partial charge is 0.503 e. The molecule has 0 aliphatic rings. The van der Waals surface area contributed by atoms with Crippen LogP contribution in [0.3, 0.4) is 0 Å². The number of benzene rings is 2. The van der Waals surface area contributed by atoms with E-state index in [2.05, 4.69) is 21.2 Å². The molecule has 0 radical (unpaired) electrons. The van der Waals surface area contributed by atoms with E-state index in [0.29, 0.717) is 27.4 Å². The van der Waals surface area contributed by atoms with Gasteiger partial charge in [-0.3, -0.25) is 4.79 Å². The van der Waals surface area contributed by atoms with Crippen LogP contribution in [0.25, 0.3) is 6.08 Å². The van der Waals surface area contributed by atoms with E-state index < -0.39 is 5.91 Å². The van der Waals surface area contributed by atoms with Crippen molar-refractivity contribution in [2.45, 2.75) is 6.92 Å². The molecule has 0 fully saturated rings. The number of nitriles is 1. The molecule has 5 nitrogen and oxygen atoms in total. The molecule has 0 aromatic heterocycles. The number of rotatable bonds is 5. The highest BCUT2D eigenvalue weighted by molar-refractivity contribution is 9.10. The Bertz CT molecular complexity index is 875. The van der Waals surface area contributed by atoms with Crippen molar-refractivity contribution in [3.8, 4) is 17.6 Å². The molecule has 7 heteroatoms. The lowest BCUT2D eigenvalue weighted by atomic mass is 10.1. The van der Waals surface area contributed by atoms with Gasteiger partial charge in [-0.25, -0.2) is 0 Å². The van der Waals surface area contributed by atoms with E-state index in [-0.39, 0.29) is 17.1 Å². The Labute approximate surface area is 158 Å². The van der Waals surface area contributed by atoms with E-state index >= 15 is 0 Å². The van der Waals surface area contributed by atoms with Crippen LogP contribution in [0.15, 0.2) is 46.4 Å². The first-order chi connectivity index (χ1) is 12.0. The van der Waals surface area contributed by atoms with Crippen molar-refractivity contribution in [3.05, 3.63) is 57.0 Å². The number of phenolic OH excluding ortho intramolecular Hbond substituents is 1. The molecule has 2 N–H and O–H groups in total. The third-order valence-corrected chi connectivity index (χ3v) is 4.08. The quantitative estimate of drug-likeness (QED) is 0.539. The third-order valence-electron chi connectivity index (χ3n) is 3.15. The van der Waals surface area contributed by atoms with Gasteiger partial charge in [0, 0.05) is 0 Å². The maximum absolute atomic E-state index is 12.3. The van der Waals surface area contributed by atoms with Crippen molar-refractivity contribution >= 4 is 45.2 Å². The van der Waals surface area contributed by atoms with Crippen molar-refractivity contribution in [3.63, 3.8) is 0 Å². The zero-order chi connectivity index (χ0) is 18.4. The van der Waals surface area contributed by atoms with Crippen molar-refractivity contribution < 1.29 is 14.6 Å². The Morgan fingerprint density at radius 1 is 1.44 bits per heavy atom. The molecule has 1 amide bonds. The van der Waals surface area contributed by atoms with Crippen molar-refractivity contribution in [1.29, 1.82) is 5.26 Å².